The lowest BCUT2D eigenvalue weighted by molar-refractivity contribution is -0.178. The molecule has 100 valence electrons. The smallest absolute Gasteiger partial charge is 0.338 e. The lowest BCUT2D eigenvalue weighted by atomic mass is 10.1. The maximum absolute atomic E-state index is 12.9. The van der Waals surface area contributed by atoms with E-state index in [2.05, 4.69) is 5.32 Å². The first-order valence-corrected chi connectivity index (χ1v) is 5.74. The Bertz CT molecular complexity index is 266. The van der Waals surface area contributed by atoms with Gasteiger partial charge in [0.05, 0.1) is 0 Å². The Hall–Kier alpha value is -0.980. The van der Waals surface area contributed by atoms with Crippen LogP contribution in [-0.4, -0.2) is 42.3 Å². The van der Waals surface area contributed by atoms with Gasteiger partial charge in [-0.3, -0.25) is 0 Å². The first-order valence-electron chi connectivity index (χ1n) is 5.74. The van der Waals surface area contributed by atoms with Crippen LogP contribution in [0.15, 0.2) is 0 Å². The van der Waals surface area contributed by atoms with Gasteiger partial charge in [-0.25, -0.2) is 4.79 Å². The number of carbonyl (C=O) groups is 1. The third-order valence-electron chi connectivity index (χ3n) is 2.66. The second-order valence-electron chi connectivity index (χ2n) is 4.11. The van der Waals surface area contributed by atoms with Crippen molar-refractivity contribution >= 4 is 6.03 Å². The van der Waals surface area contributed by atoms with E-state index in [0.29, 0.717) is 19.4 Å². The second-order valence-corrected chi connectivity index (χ2v) is 4.11. The van der Waals surface area contributed by atoms with Crippen LogP contribution < -0.4 is 11.1 Å². The summed E-state index contributed by atoms with van der Waals surface area (Å²) in [6.07, 6.45) is -3.41. The van der Waals surface area contributed by atoms with Crippen molar-refractivity contribution in [2.45, 2.75) is 44.4 Å². The molecule has 3 N–H and O–H groups in total. The minimum absolute atomic E-state index is 0.0905. The van der Waals surface area contributed by atoms with Gasteiger partial charge in [-0.05, 0) is 32.7 Å². The first kappa shape index (κ1) is 14.1. The van der Waals surface area contributed by atoms with Crippen LogP contribution in [0.1, 0.15) is 26.2 Å². The number of nitrogens with two attached hydrogens (primary N) is 1. The van der Waals surface area contributed by atoms with Crippen LogP contribution in [0.5, 0.6) is 0 Å². The average molecular weight is 253 g/mol. The SMILES string of the molecule is CCNC(=O)N(C1CC1)C(CCN)C(F)(F)F. The molecule has 1 saturated carbocycles. The molecule has 0 aliphatic heterocycles. The van der Waals surface area contributed by atoms with Gasteiger partial charge in [-0.1, -0.05) is 0 Å². The molecule has 2 amide bonds. The number of nitrogens with one attached hydrogen (secondary N) is 1. The second kappa shape index (κ2) is 5.57. The van der Waals surface area contributed by atoms with Crippen LogP contribution in [-0.2, 0) is 0 Å². The van der Waals surface area contributed by atoms with Gasteiger partial charge in [0.1, 0.15) is 6.04 Å². The quantitative estimate of drug-likeness (QED) is 0.779. The summed E-state index contributed by atoms with van der Waals surface area (Å²) in [5.41, 5.74) is 5.20. The molecule has 4 nitrogen and oxygen atoms in total. The van der Waals surface area contributed by atoms with Crippen LogP contribution >= 0.6 is 0 Å². The molecule has 1 rings (SSSR count). The summed E-state index contributed by atoms with van der Waals surface area (Å²) in [5.74, 6) is 0. The van der Waals surface area contributed by atoms with Crippen molar-refractivity contribution < 1.29 is 18.0 Å². The monoisotopic (exact) mass is 253 g/mol. The van der Waals surface area contributed by atoms with E-state index in [9.17, 15) is 18.0 Å². The molecule has 1 unspecified atom stereocenters. The van der Waals surface area contributed by atoms with Gasteiger partial charge in [0.2, 0.25) is 0 Å². The summed E-state index contributed by atoms with van der Waals surface area (Å²) in [6.45, 7) is 1.90. The predicted molar refractivity (Wildman–Crippen MR) is 57.4 cm³/mol. The van der Waals surface area contributed by atoms with Gasteiger partial charge in [0, 0.05) is 12.6 Å². The number of hydrogen-bond donors (Lipinski definition) is 2. The van der Waals surface area contributed by atoms with Crippen LogP contribution in [0.25, 0.3) is 0 Å². The zero-order valence-corrected chi connectivity index (χ0v) is 9.76. The lowest BCUT2D eigenvalue weighted by Gasteiger charge is -2.33. The molecule has 0 radical (unpaired) electrons. The van der Waals surface area contributed by atoms with Crippen LogP contribution in [0.3, 0.4) is 0 Å². The highest BCUT2D eigenvalue weighted by atomic mass is 19.4. The van der Waals surface area contributed by atoms with Crippen molar-refractivity contribution in [2.24, 2.45) is 5.73 Å². The Morgan fingerprint density at radius 1 is 1.53 bits per heavy atom. The summed E-state index contributed by atoms with van der Waals surface area (Å²) in [4.78, 5) is 12.6. The van der Waals surface area contributed by atoms with Crippen molar-refractivity contribution in [2.75, 3.05) is 13.1 Å². The van der Waals surface area contributed by atoms with Gasteiger partial charge < -0.3 is 16.0 Å². The van der Waals surface area contributed by atoms with E-state index in [4.69, 9.17) is 5.73 Å². The topological polar surface area (TPSA) is 58.4 Å². The minimum Gasteiger partial charge on any atom is -0.338 e. The van der Waals surface area contributed by atoms with E-state index in [0.717, 1.165) is 4.90 Å². The number of carbonyl (C=O) groups excluding carboxylic acids is 1. The van der Waals surface area contributed by atoms with E-state index in [-0.39, 0.29) is 19.0 Å². The molecule has 0 heterocycles. The molecule has 0 aromatic rings. The van der Waals surface area contributed by atoms with E-state index in [1.165, 1.54) is 0 Å². The summed E-state index contributed by atoms with van der Waals surface area (Å²) in [7, 11) is 0. The molecule has 1 aliphatic rings. The normalized spacial score (nSPS) is 17.7. The molecule has 0 saturated heterocycles. The number of rotatable bonds is 5. The minimum atomic E-state index is -4.42. The summed E-state index contributed by atoms with van der Waals surface area (Å²) in [5, 5.41) is 2.42. The average Bonchev–Trinajstić information content (AvgIpc) is 3.00. The first-order chi connectivity index (χ1) is 7.91. The van der Waals surface area contributed by atoms with Crippen molar-refractivity contribution in [3.05, 3.63) is 0 Å². The van der Waals surface area contributed by atoms with Gasteiger partial charge in [-0.2, -0.15) is 13.2 Å². The van der Waals surface area contributed by atoms with E-state index >= 15 is 0 Å². The Kier molecular flexibility index (Phi) is 4.62. The van der Waals surface area contributed by atoms with Crippen molar-refractivity contribution in [1.82, 2.24) is 10.2 Å². The van der Waals surface area contributed by atoms with Gasteiger partial charge in [-0.15, -0.1) is 0 Å². The van der Waals surface area contributed by atoms with E-state index in [1.807, 2.05) is 0 Å². The summed E-state index contributed by atoms with van der Waals surface area (Å²) >= 11 is 0. The zero-order valence-electron chi connectivity index (χ0n) is 9.76. The molecule has 1 fully saturated rings. The number of alkyl halides is 3. The fraction of sp³-hybridized carbons (Fsp3) is 0.900. The van der Waals surface area contributed by atoms with Crippen molar-refractivity contribution in [3.63, 3.8) is 0 Å². The number of urea groups is 1. The van der Waals surface area contributed by atoms with E-state index < -0.39 is 18.2 Å². The van der Waals surface area contributed by atoms with Crippen molar-refractivity contribution in [1.29, 1.82) is 0 Å². The lowest BCUT2D eigenvalue weighted by Crippen LogP contribution is -2.54. The summed E-state index contributed by atoms with van der Waals surface area (Å²) < 4.78 is 38.6. The predicted octanol–water partition coefficient (Wildman–Crippen LogP) is 1.46. The zero-order chi connectivity index (χ0) is 13.1. The van der Waals surface area contributed by atoms with Crippen LogP contribution in [0.4, 0.5) is 18.0 Å². The standard InChI is InChI=1S/C10H18F3N3O/c1-2-15-9(17)16(7-3-4-7)8(5-6-14)10(11,12)13/h7-8H,2-6,14H2,1H3,(H,15,17). The highest BCUT2D eigenvalue weighted by molar-refractivity contribution is 5.75. The fourth-order valence-electron chi connectivity index (χ4n) is 1.78. The maximum Gasteiger partial charge on any atom is 0.408 e. The summed E-state index contributed by atoms with van der Waals surface area (Å²) in [6, 6.07) is -2.71. The van der Waals surface area contributed by atoms with Crippen LogP contribution in [0.2, 0.25) is 0 Å². The Morgan fingerprint density at radius 2 is 2.12 bits per heavy atom. The molecular formula is C10H18F3N3O. The van der Waals surface area contributed by atoms with Gasteiger partial charge in [0.25, 0.3) is 0 Å². The highest BCUT2D eigenvalue weighted by Crippen LogP contribution is 2.35. The Labute approximate surface area is 98.3 Å². The van der Waals surface area contributed by atoms with Gasteiger partial charge >= 0.3 is 12.2 Å². The maximum atomic E-state index is 12.9. The van der Waals surface area contributed by atoms with Crippen molar-refractivity contribution in [3.8, 4) is 0 Å². The van der Waals surface area contributed by atoms with E-state index in [1.54, 1.807) is 6.92 Å². The third kappa shape index (κ3) is 3.76. The molecule has 17 heavy (non-hydrogen) atoms. The highest BCUT2D eigenvalue weighted by Gasteiger charge is 2.49. The van der Waals surface area contributed by atoms with Crippen LogP contribution in [0, 0.1) is 0 Å². The molecule has 0 aromatic heterocycles. The number of hydrogen-bond acceptors (Lipinski definition) is 2. The van der Waals surface area contributed by atoms with Gasteiger partial charge in [0.15, 0.2) is 0 Å². The number of nitrogens with zero attached hydrogens (tertiary/aromatic N) is 1. The number of amides is 2. The third-order valence-corrected chi connectivity index (χ3v) is 2.66. The molecule has 7 heteroatoms. The molecule has 1 aliphatic carbocycles. The molecule has 0 spiro atoms. The molecule has 0 aromatic carbocycles. The molecule has 0 bridgehead atoms. The largest absolute Gasteiger partial charge is 0.408 e. The Balaban J connectivity index is 2.81. The number of halogens is 3. The Morgan fingerprint density at radius 3 is 2.47 bits per heavy atom. The molecule has 1 atom stereocenters. The molecular weight excluding hydrogens is 235 g/mol. The fourth-order valence-corrected chi connectivity index (χ4v) is 1.78.